The zero-order valence-corrected chi connectivity index (χ0v) is 23.6. The molecule has 0 amide bonds. The summed E-state index contributed by atoms with van der Waals surface area (Å²) in [5, 5.41) is 22.7. The minimum atomic E-state index is -0.214. The van der Waals surface area contributed by atoms with Gasteiger partial charge in [0.25, 0.3) is 0 Å². The number of hydrogen-bond acceptors (Lipinski definition) is 2. The molecular weight excluding hydrogens is 524 g/mol. The van der Waals surface area contributed by atoms with Gasteiger partial charge in [-0.2, -0.15) is 10.5 Å². The van der Waals surface area contributed by atoms with Gasteiger partial charge in [-0.1, -0.05) is 67.6 Å². The Morgan fingerprint density at radius 3 is 1.91 bits per heavy atom. The molecule has 2 aromatic heterocycles. The van der Waals surface area contributed by atoms with Gasteiger partial charge in [0.1, 0.15) is 0 Å². The Morgan fingerprint density at radius 2 is 1.21 bits per heavy atom. The third-order valence-electron chi connectivity index (χ3n) is 8.97. The van der Waals surface area contributed by atoms with Gasteiger partial charge < -0.3 is 9.13 Å². The molecule has 43 heavy (non-hydrogen) atoms. The van der Waals surface area contributed by atoms with Gasteiger partial charge in [0.15, 0.2) is 0 Å². The second kappa shape index (κ2) is 9.35. The van der Waals surface area contributed by atoms with Crippen molar-refractivity contribution < 1.29 is 0 Å². The molecule has 5 aromatic carbocycles. The van der Waals surface area contributed by atoms with Crippen LogP contribution in [0.5, 0.6) is 0 Å². The highest BCUT2D eigenvalue weighted by Crippen LogP contribution is 2.43. The average Bonchev–Trinajstić information content (AvgIpc) is 3.57. The summed E-state index contributed by atoms with van der Waals surface area (Å²) in [6, 6.07) is 44.1. The van der Waals surface area contributed by atoms with Gasteiger partial charge in [-0.15, -0.1) is 0 Å². The average molecular weight is 551 g/mol. The molecule has 0 saturated carbocycles. The molecule has 8 rings (SSSR count). The Labute approximate surface area is 249 Å². The van der Waals surface area contributed by atoms with Crippen LogP contribution in [0, 0.1) is 22.7 Å². The van der Waals surface area contributed by atoms with Crippen molar-refractivity contribution in [1.29, 1.82) is 10.5 Å². The highest BCUT2D eigenvalue weighted by molar-refractivity contribution is 6.09. The van der Waals surface area contributed by atoms with Gasteiger partial charge in [0, 0.05) is 38.6 Å². The Balaban J connectivity index is 1.30. The van der Waals surface area contributed by atoms with E-state index in [1.165, 1.54) is 33.0 Å². The van der Waals surface area contributed by atoms with Crippen LogP contribution in [0.1, 0.15) is 34.9 Å². The number of nitriles is 2. The van der Waals surface area contributed by atoms with Crippen LogP contribution in [0.2, 0.25) is 0 Å². The van der Waals surface area contributed by atoms with Crippen LogP contribution < -0.4 is 0 Å². The number of nitrogens with zero attached hydrogens (tertiary/aromatic N) is 4. The molecule has 1 atom stereocenters. The molecule has 2 heterocycles. The van der Waals surface area contributed by atoms with E-state index in [4.69, 9.17) is 0 Å². The molecule has 0 saturated heterocycles. The zero-order valence-electron chi connectivity index (χ0n) is 23.6. The number of aromatic nitrogens is 2. The van der Waals surface area contributed by atoms with Crippen molar-refractivity contribution in [3.8, 4) is 23.5 Å². The van der Waals surface area contributed by atoms with Crippen LogP contribution in [0.15, 0.2) is 121 Å². The van der Waals surface area contributed by atoms with Crippen molar-refractivity contribution in [2.24, 2.45) is 0 Å². The molecule has 0 radical (unpaired) electrons. The lowest BCUT2D eigenvalue weighted by atomic mass is 9.73. The summed E-state index contributed by atoms with van der Waals surface area (Å²) in [6.07, 6.45) is 5.47. The molecule has 1 aliphatic rings. The standard InChI is InChI=1S/C39H26N4/c1-39(19-18-38-34(23-39)32-13-3-5-15-36(32)43(38)30-11-7-9-27(21-30)25-41)28-16-17-37-33(22-28)31-12-2-4-14-35(31)42(37)29-10-6-8-26(20-29)24-40/h2-22H,23H2,1H3. The predicted octanol–water partition coefficient (Wildman–Crippen LogP) is 9.00. The first-order chi connectivity index (χ1) is 21.1. The zero-order chi connectivity index (χ0) is 29.1. The maximum atomic E-state index is 9.55. The fourth-order valence-corrected chi connectivity index (χ4v) is 6.89. The Morgan fingerprint density at radius 1 is 0.605 bits per heavy atom. The lowest BCUT2D eigenvalue weighted by Crippen LogP contribution is -2.25. The van der Waals surface area contributed by atoms with E-state index in [1.54, 1.807) is 0 Å². The molecule has 0 fully saturated rings. The van der Waals surface area contributed by atoms with Crippen molar-refractivity contribution in [2.45, 2.75) is 18.8 Å². The molecule has 0 N–H and O–H groups in total. The smallest absolute Gasteiger partial charge is 0.0992 e. The molecule has 202 valence electrons. The number of hydrogen-bond donors (Lipinski definition) is 0. The third kappa shape index (κ3) is 3.74. The molecule has 1 unspecified atom stereocenters. The van der Waals surface area contributed by atoms with Crippen molar-refractivity contribution in [1.82, 2.24) is 9.13 Å². The highest BCUT2D eigenvalue weighted by atomic mass is 15.0. The van der Waals surface area contributed by atoms with Gasteiger partial charge in [-0.25, -0.2) is 0 Å². The lowest BCUT2D eigenvalue weighted by Gasteiger charge is -2.30. The molecular formula is C39H26N4. The Hall–Kier alpha value is -5.84. The fourth-order valence-electron chi connectivity index (χ4n) is 6.89. The van der Waals surface area contributed by atoms with Crippen LogP contribution in [-0.2, 0) is 11.8 Å². The normalized spacial score (nSPS) is 15.9. The number of benzene rings is 5. The third-order valence-corrected chi connectivity index (χ3v) is 8.97. The van der Waals surface area contributed by atoms with Gasteiger partial charge in [0.05, 0.1) is 39.8 Å². The molecule has 0 bridgehead atoms. The van der Waals surface area contributed by atoms with Crippen molar-refractivity contribution >= 4 is 38.8 Å². The van der Waals surface area contributed by atoms with E-state index in [-0.39, 0.29) is 5.41 Å². The molecule has 0 aliphatic heterocycles. The van der Waals surface area contributed by atoms with Crippen molar-refractivity contribution in [2.75, 3.05) is 0 Å². The second-order valence-electron chi connectivity index (χ2n) is 11.6. The van der Waals surface area contributed by atoms with Crippen LogP contribution >= 0.6 is 0 Å². The van der Waals surface area contributed by atoms with Gasteiger partial charge >= 0.3 is 0 Å². The highest BCUT2D eigenvalue weighted by Gasteiger charge is 2.32. The van der Waals surface area contributed by atoms with E-state index in [0.717, 1.165) is 34.3 Å². The fraction of sp³-hybridized carbons (Fsp3) is 0.0769. The summed E-state index contributed by atoms with van der Waals surface area (Å²) in [5.74, 6) is 0. The first-order valence-corrected chi connectivity index (χ1v) is 14.4. The van der Waals surface area contributed by atoms with Crippen LogP contribution in [0.25, 0.3) is 50.2 Å². The van der Waals surface area contributed by atoms with Crippen LogP contribution in [0.4, 0.5) is 0 Å². The van der Waals surface area contributed by atoms with Crippen molar-refractivity contribution in [3.63, 3.8) is 0 Å². The SMILES string of the molecule is CC1(c2ccc3c(c2)c2ccccc2n3-c2cccc(C#N)c2)C=Cc2c(c3ccccc3n2-c2cccc(C#N)c2)C1. The van der Waals surface area contributed by atoms with Crippen LogP contribution in [-0.4, -0.2) is 9.13 Å². The summed E-state index contributed by atoms with van der Waals surface area (Å²) >= 11 is 0. The first kappa shape index (κ1) is 24.9. The summed E-state index contributed by atoms with van der Waals surface area (Å²) in [7, 11) is 0. The lowest BCUT2D eigenvalue weighted by molar-refractivity contribution is 0.589. The largest absolute Gasteiger partial charge is 0.310 e. The monoisotopic (exact) mass is 550 g/mol. The van der Waals surface area contributed by atoms with E-state index in [9.17, 15) is 10.5 Å². The van der Waals surface area contributed by atoms with E-state index < -0.39 is 0 Å². The predicted molar refractivity (Wildman–Crippen MR) is 174 cm³/mol. The van der Waals surface area contributed by atoms with Crippen molar-refractivity contribution in [3.05, 3.63) is 149 Å². The molecule has 1 aliphatic carbocycles. The number of fused-ring (bicyclic) bond motifs is 6. The van der Waals surface area contributed by atoms with Gasteiger partial charge in [-0.3, -0.25) is 0 Å². The van der Waals surface area contributed by atoms with Crippen LogP contribution in [0.3, 0.4) is 0 Å². The van der Waals surface area contributed by atoms with E-state index in [1.807, 2.05) is 36.4 Å². The van der Waals surface area contributed by atoms with Gasteiger partial charge in [0.2, 0.25) is 0 Å². The van der Waals surface area contributed by atoms with E-state index in [2.05, 4.69) is 119 Å². The Kier molecular flexibility index (Phi) is 5.42. The van der Waals surface area contributed by atoms with E-state index in [0.29, 0.717) is 11.1 Å². The summed E-state index contributed by atoms with van der Waals surface area (Å²) in [5.41, 5.74) is 10.2. The molecule has 4 nitrogen and oxygen atoms in total. The number of para-hydroxylation sites is 2. The first-order valence-electron chi connectivity index (χ1n) is 14.4. The minimum absolute atomic E-state index is 0.214. The quantitative estimate of drug-likeness (QED) is 0.220. The maximum absolute atomic E-state index is 9.55. The van der Waals surface area contributed by atoms with Gasteiger partial charge in [-0.05, 0) is 84.3 Å². The summed E-state index contributed by atoms with van der Waals surface area (Å²) < 4.78 is 4.54. The maximum Gasteiger partial charge on any atom is 0.0992 e. The Bertz CT molecular complexity index is 2370. The van der Waals surface area contributed by atoms with E-state index >= 15 is 0 Å². The second-order valence-corrected chi connectivity index (χ2v) is 11.6. The molecule has 4 heteroatoms. The summed E-state index contributed by atoms with van der Waals surface area (Å²) in [6.45, 7) is 2.32. The minimum Gasteiger partial charge on any atom is -0.310 e. The number of allylic oxidation sites excluding steroid dienone is 1. The molecule has 7 aromatic rings. The topological polar surface area (TPSA) is 57.4 Å². The molecule has 0 spiro atoms. The summed E-state index contributed by atoms with van der Waals surface area (Å²) in [4.78, 5) is 0. The number of rotatable bonds is 3.